The van der Waals surface area contributed by atoms with Crippen molar-refractivity contribution in [3.63, 3.8) is 0 Å². The minimum Gasteiger partial charge on any atom is -0.349 e. The second kappa shape index (κ2) is 5.71. The van der Waals surface area contributed by atoms with Crippen LogP contribution in [-0.2, 0) is 6.37 Å². The van der Waals surface area contributed by atoms with Gasteiger partial charge in [0.05, 0.1) is 0 Å². The fourth-order valence-corrected chi connectivity index (χ4v) is 2.01. The quantitative estimate of drug-likeness (QED) is 0.823. The Balaban J connectivity index is 3.86. The zero-order valence-electron chi connectivity index (χ0n) is 23.7. The monoisotopic (exact) mass is 293 g/mol. The summed E-state index contributed by atoms with van der Waals surface area (Å²) in [5, 5.41) is -0.950. The molecule has 80 valence electrons. The first-order chi connectivity index (χ1) is 13.2. The molecule has 0 radical (unpaired) electrons. The molecule has 14 heavy (non-hydrogen) atoms. The molecule has 0 atom stereocenters. The largest absolute Gasteiger partial charge is 0.349 e. The van der Waals surface area contributed by atoms with Gasteiger partial charge < -0.3 is 4.90 Å². The van der Waals surface area contributed by atoms with Gasteiger partial charge in [-0.1, -0.05) is 13.2 Å². The minimum atomic E-state index is -3.66. The van der Waals surface area contributed by atoms with Crippen molar-refractivity contribution in [2.45, 2.75) is 33.3 Å². The highest BCUT2D eigenvalue weighted by Crippen LogP contribution is 2.30. The number of halogens is 1. The van der Waals surface area contributed by atoms with Gasteiger partial charge in [0.1, 0.15) is 4.60 Å². The van der Waals surface area contributed by atoms with Gasteiger partial charge in [0, 0.05) is 41.2 Å². The van der Waals surface area contributed by atoms with Crippen molar-refractivity contribution in [2.75, 3.05) is 17.9 Å². The Labute approximate surface area is 122 Å². The van der Waals surface area contributed by atoms with E-state index in [9.17, 15) is 0 Å². The first kappa shape index (κ1) is 2.43. The lowest BCUT2D eigenvalue weighted by atomic mass is 10.3. The fourth-order valence-electron chi connectivity index (χ4n) is 0.644. The lowest BCUT2D eigenvalue weighted by Crippen LogP contribution is -2.21. The number of nitrogens with zero attached hydrogens (tertiary/aromatic N) is 2. The van der Waals surface area contributed by atoms with E-state index in [1.165, 1.54) is 0 Å². The van der Waals surface area contributed by atoms with Gasteiger partial charge in [-0.2, -0.15) is 0 Å². The average Bonchev–Trinajstić information content (AvgIpc) is 2.84. The normalized spacial score (nSPS) is 35.4. The zero-order valence-corrected chi connectivity index (χ0v) is 9.08. The number of thiazole rings is 1. The molecule has 1 aromatic heterocycles. The van der Waals surface area contributed by atoms with Crippen molar-refractivity contribution in [2.24, 2.45) is 0 Å². The predicted octanol–water partition coefficient (Wildman–Crippen LogP) is 3.70. The molecule has 0 aromatic carbocycles. The van der Waals surface area contributed by atoms with Gasteiger partial charge in [0.2, 0.25) is 0 Å². The van der Waals surface area contributed by atoms with Crippen LogP contribution in [0.1, 0.15) is 55.1 Å². The smallest absolute Gasteiger partial charge is 0.186 e. The van der Waals surface area contributed by atoms with Crippen LogP contribution in [0.5, 0.6) is 0 Å². The molecule has 0 saturated heterocycles. The van der Waals surface area contributed by atoms with E-state index in [1.54, 1.807) is 0 Å². The van der Waals surface area contributed by atoms with Crippen molar-refractivity contribution < 1.29 is 23.3 Å². The van der Waals surface area contributed by atoms with Crippen LogP contribution in [-0.4, -0.2) is 18.0 Å². The highest BCUT2D eigenvalue weighted by Gasteiger charge is 2.11. The molecule has 4 heteroatoms. The molecule has 0 N–H and O–H groups in total. The number of hydrogen-bond acceptors (Lipinski definition) is 3. The van der Waals surface area contributed by atoms with Gasteiger partial charge in [0.25, 0.3) is 0 Å². The van der Waals surface area contributed by atoms with E-state index in [-0.39, 0.29) is 16.2 Å². The first-order valence-electron chi connectivity index (χ1n) is 11.7. The summed E-state index contributed by atoms with van der Waals surface area (Å²) in [7, 11) is 0. The highest BCUT2D eigenvalue weighted by molar-refractivity contribution is 9.10. The Hall–Kier alpha value is -0.0900. The Morgan fingerprint density at radius 2 is 2.29 bits per heavy atom. The van der Waals surface area contributed by atoms with Crippen molar-refractivity contribution in [1.82, 2.24) is 4.98 Å². The summed E-state index contributed by atoms with van der Waals surface area (Å²) < 4.78 is 129. The van der Waals surface area contributed by atoms with Crippen molar-refractivity contribution in [3.05, 3.63) is 9.48 Å². The van der Waals surface area contributed by atoms with Crippen LogP contribution in [0.2, 0.25) is 0 Å². The Kier molecular flexibility index (Phi) is 0.989. The fraction of sp³-hybridized carbons (Fsp3) is 0.700. The molecule has 0 fully saturated rings. The third-order valence-corrected chi connectivity index (χ3v) is 2.96. The Morgan fingerprint density at radius 3 is 2.93 bits per heavy atom. The molecular weight excluding hydrogens is 260 g/mol. The van der Waals surface area contributed by atoms with Crippen LogP contribution < -0.4 is 4.90 Å². The number of aryl methyl sites for hydroxylation is 1. The van der Waals surface area contributed by atoms with Crippen LogP contribution in [0.25, 0.3) is 0 Å². The number of rotatable bonds is 5. The van der Waals surface area contributed by atoms with Crippen LogP contribution in [0, 0.1) is 0 Å². The summed E-state index contributed by atoms with van der Waals surface area (Å²) in [5.41, 5.74) is 0. The summed E-state index contributed by atoms with van der Waals surface area (Å²) in [5.74, 6) is 0. The highest BCUT2D eigenvalue weighted by atomic mass is 79.9. The van der Waals surface area contributed by atoms with E-state index in [0.717, 1.165) is 0 Å². The maximum Gasteiger partial charge on any atom is 0.186 e. The van der Waals surface area contributed by atoms with Crippen LogP contribution in [0.4, 0.5) is 5.13 Å². The van der Waals surface area contributed by atoms with E-state index in [1.807, 2.05) is 0 Å². The van der Waals surface area contributed by atoms with Crippen LogP contribution >= 0.6 is 27.3 Å². The SMILES string of the molecule is [2H]C([2H])([2H])C([2H])([2H])N(c1nc(Br)c(C([2H])([2H])C([2H])([2H])C([2H])([2H])[2H])s1)C([2H])([2H])C([2H])([2H])[2H]. The van der Waals surface area contributed by atoms with Gasteiger partial charge in [0.15, 0.2) is 5.13 Å². The maximum absolute atomic E-state index is 8.02. The second-order valence-corrected chi connectivity index (χ2v) is 3.65. The molecular formula is C10H17BrN2S. The topological polar surface area (TPSA) is 16.1 Å². The van der Waals surface area contributed by atoms with Crippen LogP contribution in [0.15, 0.2) is 4.60 Å². The van der Waals surface area contributed by atoms with Crippen LogP contribution in [0.3, 0.4) is 0 Å². The molecule has 0 bridgehead atoms. The molecule has 0 saturated carbocycles. The zero-order chi connectivity index (χ0) is 25.2. The molecule has 1 heterocycles. The van der Waals surface area contributed by atoms with E-state index < -0.39 is 60.9 Å². The van der Waals surface area contributed by atoms with Crippen molar-refractivity contribution in [3.8, 4) is 0 Å². The van der Waals surface area contributed by atoms with Gasteiger partial charge in [-0.25, -0.2) is 4.98 Å². The van der Waals surface area contributed by atoms with E-state index in [2.05, 4.69) is 20.9 Å². The predicted molar refractivity (Wildman–Crippen MR) is 67.4 cm³/mol. The summed E-state index contributed by atoms with van der Waals surface area (Å²) in [6.07, 6.45) is -6.79. The summed E-state index contributed by atoms with van der Waals surface area (Å²) in [6, 6.07) is 0. The summed E-state index contributed by atoms with van der Waals surface area (Å²) in [6.45, 7) is -17.9. The van der Waals surface area contributed by atoms with E-state index >= 15 is 0 Å². The third-order valence-electron chi connectivity index (χ3n) is 1.17. The third kappa shape index (κ3) is 2.70. The molecule has 0 aliphatic heterocycles. The molecule has 0 amide bonds. The maximum atomic E-state index is 8.02. The van der Waals surface area contributed by atoms with Gasteiger partial charge >= 0.3 is 0 Å². The number of anilines is 1. The average molecular weight is 294 g/mol. The van der Waals surface area contributed by atoms with Gasteiger partial charge in [-0.05, 0) is 36.0 Å². The number of aromatic nitrogens is 1. The lowest BCUT2D eigenvalue weighted by Gasteiger charge is -2.16. The molecule has 0 spiro atoms. The summed E-state index contributed by atoms with van der Waals surface area (Å²) >= 11 is 2.80. The van der Waals surface area contributed by atoms with Gasteiger partial charge in [-0.15, -0.1) is 11.3 Å². The standard InChI is InChI=1S/C10H17BrN2S/c1-4-7-8-9(11)12-10(14-8)13(5-2)6-3/h4-7H2,1-3H3/i1D3,2D3,3D3,4D2,5D2,6D2,7D2. The summed E-state index contributed by atoms with van der Waals surface area (Å²) in [4.78, 5) is 2.58. The van der Waals surface area contributed by atoms with Gasteiger partial charge in [-0.3, -0.25) is 0 Å². The molecule has 1 aromatic rings. The Morgan fingerprint density at radius 1 is 1.50 bits per heavy atom. The van der Waals surface area contributed by atoms with E-state index in [4.69, 9.17) is 23.3 Å². The Bertz CT molecular complexity index is 777. The minimum absolute atomic E-state index is 0.0264. The molecule has 0 unspecified atom stereocenters. The second-order valence-electron chi connectivity index (χ2n) is 1.93. The van der Waals surface area contributed by atoms with E-state index in [0.29, 0.717) is 0 Å². The number of hydrogen-bond donors (Lipinski definition) is 0. The molecule has 2 nitrogen and oxygen atoms in total. The molecule has 0 aliphatic rings. The lowest BCUT2D eigenvalue weighted by molar-refractivity contribution is 0.858. The molecule has 1 rings (SSSR count). The first-order valence-corrected chi connectivity index (χ1v) is 4.82. The van der Waals surface area contributed by atoms with Crippen molar-refractivity contribution in [1.29, 1.82) is 0 Å². The molecule has 0 aliphatic carbocycles. The van der Waals surface area contributed by atoms with Crippen molar-refractivity contribution >= 4 is 32.4 Å².